The zero-order chi connectivity index (χ0) is 12.1. The summed E-state index contributed by atoms with van der Waals surface area (Å²) >= 11 is 0. The Kier molecular flexibility index (Phi) is 11.6. The number of hydrogen-bond donors (Lipinski definition) is 1. The van der Waals surface area contributed by atoms with E-state index in [-0.39, 0.29) is 0 Å². The molecule has 0 aliphatic carbocycles. The molecule has 16 heavy (non-hydrogen) atoms. The molecule has 2 N–H and O–H groups in total. The normalized spacial score (nSPS) is 10.9. The predicted octanol–water partition coefficient (Wildman–Crippen LogP) is 3.49. The molecular formula is C13H25NO2. The van der Waals surface area contributed by atoms with E-state index < -0.39 is 5.97 Å². The molecule has 0 aromatic heterocycles. The third-order valence-corrected chi connectivity index (χ3v) is 2.59. The number of rotatable bonds is 10. The number of carbonyl (C=O) groups excluding carboxylic acids is 1. The van der Waals surface area contributed by atoms with Crippen molar-refractivity contribution in [3.63, 3.8) is 0 Å². The molecule has 3 heteroatoms. The van der Waals surface area contributed by atoms with Gasteiger partial charge < -0.3 is 4.84 Å². The molecule has 0 saturated carbocycles. The first-order chi connectivity index (χ1) is 7.81. The van der Waals surface area contributed by atoms with E-state index in [1.165, 1.54) is 51.0 Å². The Morgan fingerprint density at radius 1 is 1.06 bits per heavy atom. The highest BCUT2D eigenvalue weighted by Gasteiger charge is 1.92. The summed E-state index contributed by atoms with van der Waals surface area (Å²) in [6, 6.07) is 0. The van der Waals surface area contributed by atoms with Crippen LogP contribution in [0.4, 0.5) is 0 Å². The molecule has 0 saturated heterocycles. The number of allylic oxidation sites excluding steroid dienone is 1. The fourth-order valence-corrected chi connectivity index (χ4v) is 1.61. The molecule has 94 valence electrons. The first kappa shape index (κ1) is 15.2. The quantitative estimate of drug-likeness (QED) is 0.353. The Bertz CT molecular complexity index is 190. The van der Waals surface area contributed by atoms with Gasteiger partial charge in [-0.05, 0) is 12.8 Å². The summed E-state index contributed by atoms with van der Waals surface area (Å²) in [5, 5.41) is 0. The molecule has 0 rings (SSSR count). The molecule has 0 atom stereocenters. The SMILES string of the molecule is CCCCCCCCCC/C=C/C(=O)ON. The molecule has 0 aliphatic heterocycles. The van der Waals surface area contributed by atoms with Gasteiger partial charge in [-0.2, -0.15) is 5.90 Å². The van der Waals surface area contributed by atoms with E-state index in [0.717, 1.165) is 12.8 Å². The predicted molar refractivity (Wildman–Crippen MR) is 66.6 cm³/mol. The lowest BCUT2D eigenvalue weighted by Gasteiger charge is -1.99. The largest absolute Gasteiger partial charge is 0.370 e. The van der Waals surface area contributed by atoms with Gasteiger partial charge in [0.05, 0.1) is 0 Å². The van der Waals surface area contributed by atoms with E-state index in [0.29, 0.717) is 0 Å². The maximum Gasteiger partial charge on any atom is 0.348 e. The van der Waals surface area contributed by atoms with Gasteiger partial charge >= 0.3 is 5.97 Å². The van der Waals surface area contributed by atoms with E-state index >= 15 is 0 Å². The third kappa shape index (κ3) is 11.2. The second-order valence-corrected chi connectivity index (χ2v) is 4.10. The Labute approximate surface area is 99.0 Å². The fourth-order valence-electron chi connectivity index (χ4n) is 1.61. The molecule has 0 aromatic rings. The number of hydrogen-bond acceptors (Lipinski definition) is 3. The molecule has 0 radical (unpaired) electrons. The van der Waals surface area contributed by atoms with Crippen LogP contribution in [-0.4, -0.2) is 5.97 Å². The zero-order valence-electron chi connectivity index (χ0n) is 10.4. The van der Waals surface area contributed by atoms with Crippen molar-refractivity contribution in [2.75, 3.05) is 0 Å². The number of unbranched alkanes of at least 4 members (excludes halogenated alkanes) is 8. The second kappa shape index (κ2) is 12.2. The maximum atomic E-state index is 10.6. The van der Waals surface area contributed by atoms with E-state index in [9.17, 15) is 4.79 Å². The van der Waals surface area contributed by atoms with Gasteiger partial charge in [0.15, 0.2) is 0 Å². The van der Waals surface area contributed by atoms with Crippen LogP contribution in [0.2, 0.25) is 0 Å². The highest BCUT2D eigenvalue weighted by atomic mass is 16.7. The van der Waals surface area contributed by atoms with Gasteiger partial charge in [-0.3, -0.25) is 0 Å². The van der Waals surface area contributed by atoms with Crippen LogP contribution in [0.5, 0.6) is 0 Å². The lowest BCUT2D eigenvalue weighted by Crippen LogP contribution is -2.05. The summed E-state index contributed by atoms with van der Waals surface area (Å²) in [6.07, 6.45) is 14.6. The van der Waals surface area contributed by atoms with Crippen LogP contribution in [-0.2, 0) is 9.63 Å². The molecule has 0 spiro atoms. The van der Waals surface area contributed by atoms with Gasteiger partial charge in [0.2, 0.25) is 0 Å². The fraction of sp³-hybridized carbons (Fsp3) is 0.769. The summed E-state index contributed by atoms with van der Waals surface area (Å²) in [5.74, 6) is 4.22. The minimum absolute atomic E-state index is 0.473. The third-order valence-electron chi connectivity index (χ3n) is 2.59. The highest BCUT2D eigenvalue weighted by molar-refractivity contribution is 5.81. The number of nitrogens with two attached hydrogens (primary N) is 1. The van der Waals surface area contributed by atoms with Gasteiger partial charge in [-0.1, -0.05) is 57.9 Å². The highest BCUT2D eigenvalue weighted by Crippen LogP contribution is 2.09. The van der Waals surface area contributed by atoms with Crippen LogP contribution in [0.25, 0.3) is 0 Å². The van der Waals surface area contributed by atoms with Gasteiger partial charge in [0, 0.05) is 6.08 Å². The van der Waals surface area contributed by atoms with Crippen LogP contribution >= 0.6 is 0 Å². The van der Waals surface area contributed by atoms with Crippen molar-refractivity contribution < 1.29 is 9.63 Å². The second-order valence-electron chi connectivity index (χ2n) is 4.10. The molecule has 3 nitrogen and oxygen atoms in total. The Hall–Kier alpha value is -0.830. The van der Waals surface area contributed by atoms with Gasteiger partial charge in [0.1, 0.15) is 0 Å². The summed E-state index contributed by atoms with van der Waals surface area (Å²) in [6.45, 7) is 2.23. The van der Waals surface area contributed by atoms with Gasteiger partial charge in [-0.25, -0.2) is 4.79 Å². The molecular weight excluding hydrogens is 202 g/mol. The standard InChI is InChI=1S/C13H25NO2/c1-2-3-4-5-6-7-8-9-10-11-12-13(15)16-14/h11-12H,2-10,14H2,1H3/b12-11+. The Balaban J connectivity index is 3.09. The zero-order valence-corrected chi connectivity index (χ0v) is 10.4. The molecule has 0 amide bonds. The van der Waals surface area contributed by atoms with E-state index in [1.54, 1.807) is 0 Å². The molecule has 0 bridgehead atoms. The van der Waals surface area contributed by atoms with E-state index in [4.69, 9.17) is 5.90 Å². The van der Waals surface area contributed by atoms with Crippen molar-refractivity contribution in [2.24, 2.45) is 5.90 Å². The van der Waals surface area contributed by atoms with Crippen LogP contribution in [0, 0.1) is 0 Å². The van der Waals surface area contributed by atoms with E-state index in [1.807, 2.05) is 6.08 Å². The topological polar surface area (TPSA) is 52.3 Å². The first-order valence-corrected chi connectivity index (χ1v) is 6.38. The minimum Gasteiger partial charge on any atom is -0.370 e. The van der Waals surface area contributed by atoms with Crippen molar-refractivity contribution in [3.8, 4) is 0 Å². The number of carbonyl (C=O) groups is 1. The van der Waals surface area contributed by atoms with Crippen LogP contribution < -0.4 is 5.90 Å². The average molecular weight is 227 g/mol. The average Bonchev–Trinajstić information content (AvgIpc) is 2.31. The molecule has 0 aromatic carbocycles. The lowest BCUT2D eigenvalue weighted by molar-refractivity contribution is -0.138. The molecule has 0 unspecified atom stereocenters. The Morgan fingerprint density at radius 2 is 1.62 bits per heavy atom. The van der Waals surface area contributed by atoms with Crippen molar-refractivity contribution in [1.29, 1.82) is 0 Å². The minimum atomic E-state index is -0.473. The van der Waals surface area contributed by atoms with Crippen molar-refractivity contribution in [3.05, 3.63) is 12.2 Å². The van der Waals surface area contributed by atoms with Crippen LogP contribution in [0.1, 0.15) is 64.7 Å². The molecule has 0 aliphatic rings. The first-order valence-electron chi connectivity index (χ1n) is 6.38. The summed E-state index contributed by atoms with van der Waals surface area (Å²) in [4.78, 5) is 14.6. The Morgan fingerprint density at radius 3 is 2.19 bits per heavy atom. The summed E-state index contributed by atoms with van der Waals surface area (Å²) in [7, 11) is 0. The van der Waals surface area contributed by atoms with Gasteiger partial charge in [0.25, 0.3) is 0 Å². The maximum absolute atomic E-state index is 10.6. The summed E-state index contributed by atoms with van der Waals surface area (Å²) in [5.41, 5.74) is 0. The van der Waals surface area contributed by atoms with E-state index in [2.05, 4.69) is 11.8 Å². The van der Waals surface area contributed by atoms with Crippen LogP contribution in [0.15, 0.2) is 12.2 Å². The monoisotopic (exact) mass is 227 g/mol. The van der Waals surface area contributed by atoms with Crippen molar-refractivity contribution in [2.45, 2.75) is 64.7 Å². The van der Waals surface area contributed by atoms with Crippen molar-refractivity contribution in [1.82, 2.24) is 0 Å². The lowest BCUT2D eigenvalue weighted by atomic mass is 10.1. The van der Waals surface area contributed by atoms with Crippen molar-refractivity contribution >= 4 is 5.97 Å². The molecule has 0 heterocycles. The van der Waals surface area contributed by atoms with Gasteiger partial charge in [-0.15, -0.1) is 0 Å². The van der Waals surface area contributed by atoms with Crippen LogP contribution in [0.3, 0.4) is 0 Å². The smallest absolute Gasteiger partial charge is 0.348 e. The summed E-state index contributed by atoms with van der Waals surface area (Å²) < 4.78 is 0. The molecule has 0 fully saturated rings.